The van der Waals surface area contributed by atoms with Gasteiger partial charge in [-0.05, 0) is 61.4 Å². The second-order valence-corrected chi connectivity index (χ2v) is 6.08. The molecule has 0 bridgehead atoms. The summed E-state index contributed by atoms with van der Waals surface area (Å²) in [5, 5.41) is 3.60. The number of ether oxygens (including phenoxy) is 1. The summed E-state index contributed by atoms with van der Waals surface area (Å²) in [4.78, 5) is 0. The van der Waals surface area contributed by atoms with Crippen molar-refractivity contribution in [2.45, 2.75) is 52.0 Å². The largest absolute Gasteiger partial charge is 0.497 e. The summed E-state index contributed by atoms with van der Waals surface area (Å²) in [5.41, 5.74) is 2.90. The van der Waals surface area contributed by atoms with E-state index in [1.165, 1.54) is 30.4 Å². The van der Waals surface area contributed by atoms with Gasteiger partial charge in [-0.15, -0.1) is 0 Å². The molecule has 19 heavy (non-hydrogen) atoms. The second-order valence-electron chi connectivity index (χ2n) is 6.08. The molecule has 0 radical (unpaired) electrons. The SMILES string of the molecule is COc1ccc(C2CCCC2CNC(C)C)c(C)c1. The Hall–Kier alpha value is -1.02. The third-order valence-electron chi connectivity index (χ3n) is 4.32. The van der Waals surface area contributed by atoms with Crippen molar-refractivity contribution in [1.82, 2.24) is 5.32 Å². The molecule has 1 saturated carbocycles. The van der Waals surface area contributed by atoms with Crippen molar-refractivity contribution in [3.8, 4) is 5.75 Å². The average molecular weight is 261 g/mol. The van der Waals surface area contributed by atoms with Crippen molar-refractivity contribution in [3.05, 3.63) is 29.3 Å². The number of benzene rings is 1. The summed E-state index contributed by atoms with van der Waals surface area (Å²) in [6, 6.07) is 7.12. The summed E-state index contributed by atoms with van der Waals surface area (Å²) < 4.78 is 5.31. The van der Waals surface area contributed by atoms with Crippen LogP contribution in [-0.4, -0.2) is 19.7 Å². The van der Waals surface area contributed by atoms with Crippen LogP contribution >= 0.6 is 0 Å². The molecule has 2 atom stereocenters. The lowest BCUT2D eigenvalue weighted by atomic mass is 9.86. The van der Waals surface area contributed by atoms with Crippen LogP contribution in [0, 0.1) is 12.8 Å². The van der Waals surface area contributed by atoms with Gasteiger partial charge in [0.2, 0.25) is 0 Å². The van der Waals surface area contributed by atoms with Gasteiger partial charge in [0.1, 0.15) is 5.75 Å². The van der Waals surface area contributed by atoms with Crippen molar-refractivity contribution in [3.63, 3.8) is 0 Å². The normalized spacial score (nSPS) is 23.0. The Bertz CT molecular complexity index is 414. The number of rotatable bonds is 5. The lowest BCUT2D eigenvalue weighted by Gasteiger charge is -2.23. The molecule has 1 aliphatic rings. The summed E-state index contributed by atoms with van der Waals surface area (Å²) in [6.07, 6.45) is 4.05. The predicted molar refractivity (Wildman–Crippen MR) is 81.0 cm³/mol. The van der Waals surface area contributed by atoms with Crippen LogP contribution in [0.1, 0.15) is 50.2 Å². The highest BCUT2D eigenvalue weighted by Gasteiger charge is 2.29. The first-order valence-corrected chi connectivity index (χ1v) is 7.49. The van der Waals surface area contributed by atoms with Crippen LogP contribution in [-0.2, 0) is 0 Å². The molecule has 2 heteroatoms. The Morgan fingerprint density at radius 3 is 2.74 bits per heavy atom. The molecule has 0 aliphatic heterocycles. The van der Waals surface area contributed by atoms with Crippen molar-refractivity contribution in [2.24, 2.45) is 5.92 Å². The third-order valence-corrected chi connectivity index (χ3v) is 4.32. The van der Waals surface area contributed by atoms with Crippen LogP contribution in [0.3, 0.4) is 0 Å². The van der Waals surface area contributed by atoms with E-state index >= 15 is 0 Å². The van der Waals surface area contributed by atoms with E-state index < -0.39 is 0 Å². The van der Waals surface area contributed by atoms with Crippen LogP contribution < -0.4 is 10.1 Å². The van der Waals surface area contributed by atoms with E-state index in [-0.39, 0.29) is 0 Å². The Morgan fingerprint density at radius 2 is 2.11 bits per heavy atom. The molecular formula is C17H27NO. The minimum absolute atomic E-state index is 0.582. The number of methoxy groups -OCH3 is 1. The van der Waals surface area contributed by atoms with Crippen molar-refractivity contribution in [1.29, 1.82) is 0 Å². The van der Waals surface area contributed by atoms with Crippen LogP contribution in [0.2, 0.25) is 0 Å². The zero-order valence-electron chi connectivity index (χ0n) is 12.7. The quantitative estimate of drug-likeness (QED) is 0.868. The maximum atomic E-state index is 5.31. The average Bonchev–Trinajstić information content (AvgIpc) is 2.84. The van der Waals surface area contributed by atoms with E-state index in [1.54, 1.807) is 7.11 Å². The monoisotopic (exact) mass is 261 g/mol. The third kappa shape index (κ3) is 3.50. The molecular weight excluding hydrogens is 234 g/mol. The topological polar surface area (TPSA) is 21.3 Å². The minimum Gasteiger partial charge on any atom is -0.497 e. The first-order chi connectivity index (χ1) is 9.11. The fourth-order valence-electron chi connectivity index (χ4n) is 3.27. The maximum absolute atomic E-state index is 5.31. The van der Waals surface area contributed by atoms with E-state index in [0.29, 0.717) is 6.04 Å². The molecule has 0 aromatic heterocycles. The highest BCUT2D eigenvalue weighted by atomic mass is 16.5. The number of hydrogen-bond donors (Lipinski definition) is 1. The van der Waals surface area contributed by atoms with Crippen molar-refractivity contribution >= 4 is 0 Å². The van der Waals surface area contributed by atoms with E-state index in [2.05, 4.69) is 44.3 Å². The summed E-state index contributed by atoms with van der Waals surface area (Å²) in [5.74, 6) is 2.47. The molecule has 0 heterocycles. The lowest BCUT2D eigenvalue weighted by Crippen LogP contribution is -2.30. The van der Waals surface area contributed by atoms with Gasteiger partial charge < -0.3 is 10.1 Å². The fourth-order valence-corrected chi connectivity index (χ4v) is 3.27. The van der Waals surface area contributed by atoms with E-state index in [4.69, 9.17) is 4.74 Å². The minimum atomic E-state index is 0.582. The molecule has 0 spiro atoms. The molecule has 2 nitrogen and oxygen atoms in total. The zero-order chi connectivity index (χ0) is 13.8. The summed E-state index contributed by atoms with van der Waals surface area (Å²) in [7, 11) is 1.74. The van der Waals surface area contributed by atoms with Gasteiger partial charge in [0.15, 0.2) is 0 Å². The number of hydrogen-bond acceptors (Lipinski definition) is 2. The van der Waals surface area contributed by atoms with E-state index in [9.17, 15) is 0 Å². The molecule has 0 saturated heterocycles. The summed E-state index contributed by atoms with van der Waals surface area (Å²) >= 11 is 0. The van der Waals surface area contributed by atoms with Crippen LogP contribution in [0.15, 0.2) is 18.2 Å². The highest BCUT2D eigenvalue weighted by Crippen LogP contribution is 2.41. The molecule has 1 aliphatic carbocycles. The van der Waals surface area contributed by atoms with Gasteiger partial charge >= 0.3 is 0 Å². The Morgan fingerprint density at radius 1 is 1.32 bits per heavy atom. The van der Waals surface area contributed by atoms with E-state index in [1.807, 2.05) is 0 Å². The number of aryl methyl sites for hydroxylation is 1. The van der Waals surface area contributed by atoms with Crippen LogP contribution in [0.4, 0.5) is 0 Å². The first-order valence-electron chi connectivity index (χ1n) is 7.49. The predicted octanol–water partition coefficient (Wildman–Crippen LogP) is 3.89. The zero-order valence-corrected chi connectivity index (χ0v) is 12.7. The molecule has 0 amide bonds. The van der Waals surface area contributed by atoms with Crippen LogP contribution in [0.25, 0.3) is 0 Å². The van der Waals surface area contributed by atoms with E-state index in [0.717, 1.165) is 24.1 Å². The van der Waals surface area contributed by atoms with Crippen LogP contribution in [0.5, 0.6) is 5.75 Å². The molecule has 1 aromatic carbocycles. The van der Waals surface area contributed by atoms with Gasteiger partial charge in [0.05, 0.1) is 7.11 Å². The van der Waals surface area contributed by atoms with Gasteiger partial charge in [-0.25, -0.2) is 0 Å². The molecule has 1 N–H and O–H groups in total. The number of nitrogens with one attached hydrogen (secondary N) is 1. The van der Waals surface area contributed by atoms with Gasteiger partial charge in [0, 0.05) is 6.04 Å². The van der Waals surface area contributed by atoms with Gasteiger partial charge in [-0.2, -0.15) is 0 Å². The first kappa shape index (κ1) is 14.4. The van der Waals surface area contributed by atoms with Gasteiger partial charge in [-0.1, -0.05) is 26.3 Å². The standard InChI is InChI=1S/C17H27NO/c1-12(2)18-11-14-6-5-7-17(14)16-9-8-15(19-4)10-13(16)3/h8-10,12,14,17-18H,5-7,11H2,1-4H3. The molecule has 1 aromatic rings. The summed E-state index contributed by atoms with van der Waals surface area (Å²) in [6.45, 7) is 7.81. The molecule has 106 valence electrons. The van der Waals surface area contributed by atoms with Crippen molar-refractivity contribution < 1.29 is 4.74 Å². The maximum Gasteiger partial charge on any atom is 0.119 e. The van der Waals surface area contributed by atoms with Gasteiger partial charge in [-0.3, -0.25) is 0 Å². The molecule has 1 fully saturated rings. The second kappa shape index (κ2) is 6.42. The highest BCUT2D eigenvalue weighted by molar-refractivity contribution is 5.37. The Labute approximate surface area is 117 Å². The smallest absolute Gasteiger partial charge is 0.119 e. The lowest BCUT2D eigenvalue weighted by molar-refractivity contribution is 0.410. The van der Waals surface area contributed by atoms with Gasteiger partial charge in [0.25, 0.3) is 0 Å². The Kier molecular flexibility index (Phi) is 4.87. The fraction of sp³-hybridized carbons (Fsp3) is 0.647. The Balaban J connectivity index is 2.11. The molecule has 2 unspecified atom stereocenters. The molecule has 2 rings (SSSR count). The van der Waals surface area contributed by atoms with Crippen molar-refractivity contribution in [2.75, 3.05) is 13.7 Å².